The minimum Gasteiger partial charge on any atom is -0.298 e. The van der Waals surface area contributed by atoms with Gasteiger partial charge in [-0.15, -0.1) is 11.3 Å². The van der Waals surface area contributed by atoms with E-state index in [0.717, 1.165) is 30.0 Å². The van der Waals surface area contributed by atoms with Crippen molar-refractivity contribution in [3.63, 3.8) is 0 Å². The molecular weight excluding hydrogens is 260 g/mol. The van der Waals surface area contributed by atoms with Crippen molar-refractivity contribution in [2.45, 2.75) is 26.8 Å². The molecule has 0 saturated heterocycles. The molecule has 0 aromatic carbocycles. The van der Waals surface area contributed by atoms with E-state index in [-0.39, 0.29) is 0 Å². The van der Waals surface area contributed by atoms with Crippen LogP contribution < -0.4 is 0 Å². The zero-order valence-corrected chi connectivity index (χ0v) is 11.2. The number of aromatic nitrogens is 1. The smallest absolute Gasteiger partial charge is 0.0897 e. The first-order chi connectivity index (χ1) is 6.76. The summed E-state index contributed by atoms with van der Waals surface area (Å²) in [5.41, 5.74) is 1.21. The summed E-state index contributed by atoms with van der Waals surface area (Å²) >= 11 is 5.19. The number of alkyl halides is 1. The molecule has 0 N–H and O–H groups in total. The Balaban J connectivity index is 2.40. The lowest BCUT2D eigenvalue weighted by atomic mass is 10.3. The predicted octanol–water partition coefficient (Wildman–Crippen LogP) is 3.06. The van der Waals surface area contributed by atoms with Crippen LogP contribution in [-0.4, -0.2) is 28.3 Å². The average Bonchev–Trinajstić information content (AvgIpc) is 2.58. The second-order valence-electron chi connectivity index (χ2n) is 3.27. The van der Waals surface area contributed by atoms with Crippen molar-refractivity contribution in [3.05, 3.63) is 16.1 Å². The number of rotatable bonds is 6. The van der Waals surface area contributed by atoms with Gasteiger partial charge in [-0.3, -0.25) is 4.90 Å². The molecule has 14 heavy (non-hydrogen) atoms. The lowest BCUT2D eigenvalue weighted by Gasteiger charge is -2.18. The Morgan fingerprint density at radius 1 is 1.57 bits per heavy atom. The number of thiazole rings is 1. The molecule has 0 spiro atoms. The summed E-state index contributed by atoms with van der Waals surface area (Å²) < 4.78 is 0. The summed E-state index contributed by atoms with van der Waals surface area (Å²) in [6, 6.07) is 0. The van der Waals surface area contributed by atoms with Crippen LogP contribution in [0, 0.1) is 6.92 Å². The van der Waals surface area contributed by atoms with Crippen molar-refractivity contribution in [1.82, 2.24) is 9.88 Å². The van der Waals surface area contributed by atoms with Gasteiger partial charge < -0.3 is 0 Å². The van der Waals surface area contributed by atoms with Gasteiger partial charge in [-0.25, -0.2) is 4.98 Å². The standard InChI is InChI=1S/C10H17BrN2S/c1-3-13(6-4-5-11)7-10-8-14-9(2)12-10/h8H,3-7H2,1-2H3. The topological polar surface area (TPSA) is 16.1 Å². The highest BCUT2D eigenvalue weighted by Crippen LogP contribution is 2.10. The molecule has 1 heterocycles. The van der Waals surface area contributed by atoms with E-state index < -0.39 is 0 Å². The summed E-state index contributed by atoms with van der Waals surface area (Å²) in [6.45, 7) is 7.51. The Labute approximate surface area is 98.5 Å². The quantitative estimate of drug-likeness (QED) is 0.743. The molecule has 0 saturated carbocycles. The van der Waals surface area contributed by atoms with Gasteiger partial charge in [0.2, 0.25) is 0 Å². The van der Waals surface area contributed by atoms with E-state index in [1.165, 1.54) is 12.1 Å². The molecule has 0 atom stereocenters. The second-order valence-corrected chi connectivity index (χ2v) is 5.12. The van der Waals surface area contributed by atoms with E-state index in [9.17, 15) is 0 Å². The van der Waals surface area contributed by atoms with Crippen LogP contribution in [0.15, 0.2) is 5.38 Å². The maximum atomic E-state index is 4.47. The van der Waals surface area contributed by atoms with Crippen molar-refractivity contribution in [2.24, 2.45) is 0 Å². The fourth-order valence-electron chi connectivity index (χ4n) is 1.34. The first-order valence-corrected chi connectivity index (χ1v) is 6.95. The minimum atomic E-state index is 0.994. The maximum Gasteiger partial charge on any atom is 0.0897 e. The van der Waals surface area contributed by atoms with Crippen LogP contribution in [0.25, 0.3) is 0 Å². The Kier molecular flexibility index (Phi) is 5.67. The highest BCUT2D eigenvalue weighted by molar-refractivity contribution is 9.09. The molecule has 0 amide bonds. The number of hydrogen-bond acceptors (Lipinski definition) is 3. The Hall–Kier alpha value is 0.0700. The lowest BCUT2D eigenvalue weighted by Crippen LogP contribution is -2.24. The Morgan fingerprint density at radius 2 is 2.36 bits per heavy atom. The van der Waals surface area contributed by atoms with Gasteiger partial charge in [0.1, 0.15) is 0 Å². The first kappa shape index (κ1) is 12.1. The van der Waals surface area contributed by atoms with Crippen molar-refractivity contribution < 1.29 is 0 Å². The van der Waals surface area contributed by atoms with Gasteiger partial charge in [0.25, 0.3) is 0 Å². The number of aryl methyl sites for hydroxylation is 1. The fraction of sp³-hybridized carbons (Fsp3) is 0.700. The van der Waals surface area contributed by atoms with Gasteiger partial charge in [0.15, 0.2) is 0 Å². The molecule has 2 nitrogen and oxygen atoms in total. The van der Waals surface area contributed by atoms with Crippen molar-refractivity contribution in [1.29, 1.82) is 0 Å². The third kappa shape index (κ3) is 4.07. The average molecular weight is 277 g/mol. The van der Waals surface area contributed by atoms with Gasteiger partial charge in [0, 0.05) is 17.3 Å². The normalized spacial score (nSPS) is 11.1. The predicted molar refractivity (Wildman–Crippen MR) is 66.2 cm³/mol. The SMILES string of the molecule is CCN(CCCBr)Cc1csc(C)n1. The summed E-state index contributed by atoms with van der Waals surface area (Å²) in [7, 11) is 0. The van der Waals surface area contributed by atoms with Crippen molar-refractivity contribution in [3.8, 4) is 0 Å². The molecule has 1 aromatic rings. The van der Waals surface area contributed by atoms with E-state index in [4.69, 9.17) is 0 Å². The first-order valence-electron chi connectivity index (χ1n) is 4.95. The van der Waals surface area contributed by atoms with Gasteiger partial charge >= 0.3 is 0 Å². The maximum absolute atomic E-state index is 4.47. The van der Waals surface area contributed by atoms with Crippen LogP contribution in [0.2, 0.25) is 0 Å². The molecule has 0 aliphatic heterocycles. The van der Waals surface area contributed by atoms with Crippen LogP contribution in [0.5, 0.6) is 0 Å². The molecule has 0 radical (unpaired) electrons. The molecule has 80 valence electrons. The van der Waals surface area contributed by atoms with E-state index in [1.807, 2.05) is 0 Å². The van der Waals surface area contributed by atoms with E-state index in [1.54, 1.807) is 11.3 Å². The van der Waals surface area contributed by atoms with Gasteiger partial charge in [0.05, 0.1) is 10.7 Å². The fourth-order valence-corrected chi connectivity index (χ4v) is 2.20. The zero-order chi connectivity index (χ0) is 10.4. The minimum absolute atomic E-state index is 0.994. The van der Waals surface area contributed by atoms with E-state index >= 15 is 0 Å². The van der Waals surface area contributed by atoms with Crippen LogP contribution >= 0.6 is 27.3 Å². The monoisotopic (exact) mass is 276 g/mol. The van der Waals surface area contributed by atoms with Gasteiger partial charge in [-0.05, 0) is 26.4 Å². The third-order valence-electron chi connectivity index (χ3n) is 2.11. The van der Waals surface area contributed by atoms with E-state index in [0.29, 0.717) is 0 Å². The number of hydrogen-bond donors (Lipinski definition) is 0. The molecule has 4 heteroatoms. The zero-order valence-electron chi connectivity index (χ0n) is 8.79. The molecule has 1 rings (SSSR count). The Morgan fingerprint density at radius 3 is 2.86 bits per heavy atom. The van der Waals surface area contributed by atoms with Crippen LogP contribution in [0.4, 0.5) is 0 Å². The highest BCUT2D eigenvalue weighted by atomic mass is 79.9. The summed E-state index contributed by atoms with van der Waals surface area (Å²) in [5.74, 6) is 0. The lowest BCUT2D eigenvalue weighted by molar-refractivity contribution is 0.279. The molecule has 0 fully saturated rings. The Bertz CT molecular complexity index is 262. The van der Waals surface area contributed by atoms with Crippen molar-refractivity contribution >= 4 is 27.3 Å². The summed E-state index contributed by atoms with van der Waals surface area (Å²) in [6.07, 6.45) is 1.21. The molecular formula is C10H17BrN2S. The van der Waals surface area contributed by atoms with Crippen LogP contribution in [0.3, 0.4) is 0 Å². The molecule has 0 aliphatic carbocycles. The van der Waals surface area contributed by atoms with Crippen LogP contribution in [-0.2, 0) is 6.54 Å². The molecule has 1 aromatic heterocycles. The summed E-state index contributed by atoms with van der Waals surface area (Å²) in [4.78, 5) is 6.90. The van der Waals surface area contributed by atoms with E-state index in [2.05, 4.69) is 45.0 Å². The van der Waals surface area contributed by atoms with Gasteiger partial charge in [-0.2, -0.15) is 0 Å². The second kappa shape index (κ2) is 6.53. The number of nitrogens with zero attached hydrogens (tertiary/aromatic N) is 2. The number of halogens is 1. The summed E-state index contributed by atoms with van der Waals surface area (Å²) in [5, 5.41) is 4.41. The van der Waals surface area contributed by atoms with Gasteiger partial charge in [-0.1, -0.05) is 22.9 Å². The molecule has 0 bridgehead atoms. The largest absolute Gasteiger partial charge is 0.298 e. The van der Waals surface area contributed by atoms with Crippen LogP contribution in [0.1, 0.15) is 24.0 Å². The van der Waals surface area contributed by atoms with Crippen molar-refractivity contribution in [2.75, 3.05) is 18.4 Å². The highest BCUT2D eigenvalue weighted by Gasteiger charge is 2.05. The third-order valence-corrected chi connectivity index (χ3v) is 3.49. The molecule has 0 unspecified atom stereocenters. The molecule has 0 aliphatic rings.